The Morgan fingerprint density at radius 3 is 1.12 bits per heavy atom. The summed E-state index contributed by atoms with van der Waals surface area (Å²) in [6.45, 7) is -3.83. The number of aliphatic hydroxyl groups is 18. The number of ether oxygens (including phenoxy) is 11. The van der Waals surface area contributed by atoms with E-state index in [9.17, 15) is 102 Å². The molecule has 6 rings (SSSR count). The molecule has 6 fully saturated rings. The maximum Gasteiger partial charge on any atom is 0.217 e. The van der Waals surface area contributed by atoms with Gasteiger partial charge in [0.15, 0.2) is 37.7 Å². The highest BCUT2D eigenvalue weighted by atomic mass is 16.8. The third-order valence-corrected chi connectivity index (χ3v) is 13.2. The Labute approximate surface area is 413 Å². The molecule has 424 valence electrons. The molecule has 0 spiro atoms. The Balaban J connectivity index is 1.25. The summed E-state index contributed by atoms with van der Waals surface area (Å²) in [6, 6.07) is -3.24. The fourth-order valence-electron chi connectivity index (χ4n) is 9.28. The first-order valence-corrected chi connectivity index (χ1v) is 23.1. The van der Waals surface area contributed by atoms with Gasteiger partial charge in [-0.1, -0.05) is 0 Å². The minimum atomic E-state index is -2.28. The number of carbonyl (C=O) groups is 2. The molecule has 6 aliphatic rings. The number of nitrogens with one attached hydrogen (secondary N) is 2. The number of aliphatic hydroxyl groups excluding tert-OH is 18. The number of hydrogen-bond donors (Lipinski definition) is 20. The molecule has 0 aliphatic carbocycles. The van der Waals surface area contributed by atoms with Crippen molar-refractivity contribution in [2.45, 2.75) is 198 Å². The molecular weight excluding hydrogens is 1000 g/mol. The number of amides is 2. The lowest BCUT2D eigenvalue weighted by atomic mass is 9.94. The van der Waals surface area contributed by atoms with E-state index in [4.69, 9.17) is 52.1 Å². The lowest BCUT2D eigenvalue weighted by Gasteiger charge is -2.50. The molecular formula is C40H68N2O31. The highest BCUT2D eigenvalue weighted by Gasteiger charge is 2.58. The summed E-state index contributed by atoms with van der Waals surface area (Å²) in [5.74, 6) is -1.53. The number of hydrogen-bond acceptors (Lipinski definition) is 31. The molecule has 0 radical (unpaired) electrons. The zero-order valence-corrected chi connectivity index (χ0v) is 38.9. The van der Waals surface area contributed by atoms with Gasteiger partial charge in [-0.15, -0.1) is 0 Å². The summed E-state index contributed by atoms with van der Waals surface area (Å²) >= 11 is 0. The van der Waals surface area contributed by atoms with Crippen LogP contribution in [0.4, 0.5) is 0 Å². The van der Waals surface area contributed by atoms with Crippen LogP contribution in [0.5, 0.6) is 0 Å². The van der Waals surface area contributed by atoms with Gasteiger partial charge in [0, 0.05) is 13.8 Å². The summed E-state index contributed by atoms with van der Waals surface area (Å²) in [5, 5.41) is 198. The average Bonchev–Trinajstić information content (AvgIpc) is 3.36. The summed E-state index contributed by atoms with van der Waals surface area (Å²) in [7, 11) is 0. The lowest BCUT2D eigenvalue weighted by molar-refractivity contribution is -0.406. The van der Waals surface area contributed by atoms with Gasteiger partial charge in [0.1, 0.15) is 146 Å². The van der Waals surface area contributed by atoms with Gasteiger partial charge in [0.25, 0.3) is 0 Å². The third-order valence-electron chi connectivity index (χ3n) is 13.2. The van der Waals surface area contributed by atoms with E-state index < -0.39 is 236 Å². The summed E-state index contributed by atoms with van der Waals surface area (Å²) < 4.78 is 63.0. The quantitative estimate of drug-likeness (QED) is 0.0606. The van der Waals surface area contributed by atoms with Crippen LogP contribution in [0.15, 0.2) is 0 Å². The molecule has 33 heteroatoms. The molecule has 2 amide bonds. The fraction of sp³-hybridized carbons (Fsp3) is 0.950. The Morgan fingerprint density at radius 1 is 0.329 bits per heavy atom. The third kappa shape index (κ3) is 12.9. The predicted octanol–water partition coefficient (Wildman–Crippen LogP) is -13.8. The summed E-state index contributed by atoms with van der Waals surface area (Å²) in [5.41, 5.74) is 0. The Hall–Kier alpha value is -2.22. The molecule has 0 aromatic rings. The first-order chi connectivity index (χ1) is 34.5. The van der Waals surface area contributed by atoms with Crippen molar-refractivity contribution < 1.29 is 154 Å². The van der Waals surface area contributed by atoms with Crippen LogP contribution in [0.25, 0.3) is 0 Å². The van der Waals surface area contributed by atoms with Crippen molar-refractivity contribution in [1.29, 1.82) is 0 Å². The second kappa shape index (κ2) is 26.0. The van der Waals surface area contributed by atoms with Gasteiger partial charge in [-0.25, -0.2) is 0 Å². The van der Waals surface area contributed by atoms with Crippen LogP contribution in [0.2, 0.25) is 0 Å². The van der Waals surface area contributed by atoms with Crippen molar-refractivity contribution in [3.05, 3.63) is 0 Å². The molecule has 6 aliphatic heterocycles. The SMILES string of the molecule is CC(=O)NC1C(O)OC(CO)C(OC2OC(CO)C(OC3OC(CO)C(O)C(OC4OC(CO)C(O)C(O)C4OC4OC(CO)C(O)C(O)C4OC4OC(CO)C(O)C(O)C4O)[C@H]3O)C(O)C2NC(C)=O)C1O. The van der Waals surface area contributed by atoms with E-state index in [2.05, 4.69) is 10.6 Å². The molecule has 0 aromatic carbocycles. The largest absolute Gasteiger partial charge is 0.394 e. The van der Waals surface area contributed by atoms with Crippen molar-refractivity contribution in [1.82, 2.24) is 10.6 Å². The van der Waals surface area contributed by atoms with Crippen LogP contribution < -0.4 is 10.6 Å². The van der Waals surface area contributed by atoms with Gasteiger partial charge < -0.3 is 155 Å². The molecule has 20 N–H and O–H groups in total. The maximum atomic E-state index is 12.5. The van der Waals surface area contributed by atoms with Gasteiger partial charge in [0.2, 0.25) is 11.8 Å². The second-order valence-corrected chi connectivity index (χ2v) is 18.2. The van der Waals surface area contributed by atoms with E-state index >= 15 is 0 Å². The van der Waals surface area contributed by atoms with Gasteiger partial charge in [-0.3, -0.25) is 9.59 Å². The standard InChI is InChI=1S/C40H68N2O31/c1-9(49)41-17-23(55)30(15(7-47)63-35(17)62)69-36-18(42-10(2)50)24(56)31(16(8-48)68-36)70-38-29(61)32(22(54)14(6-46)65-38)71-39-34(27(59)21(53)12(4-44)66-39)73-40-33(26(58)20(52)13(5-45)67-40)72-37-28(60)25(57)19(51)11(3-43)64-37/h11-40,43-48,51-62H,3-8H2,1-2H3,(H,41,49)(H,42,50)/t11?,12?,13?,14?,15?,16?,17?,18?,19?,20?,21?,22?,23?,24?,25?,26?,27?,28?,29-,30?,31?,32?,33?,34?,35?,36?,37?,38?,39?,40?/m1/s1. The molecule has 0 aromatic heterocycles. The van der Waals surface area contributed by atoms with Crippen LogP contribution in [-0.2, 0) is 61.7 Å². The molecule has 29 unspecified atom stereocenters. The van der Waals surface area contributed by atoms with E-state index in [1.807, 2.05) is 0 Å². The molecule has 73 heavy (non-hydrogen) atoms. The van der Waals surface area contributed by atoms with Gasteiger partial charge in [-0.05, 0) is 0 Å². The fourth-order valence-corrected chi connectivity index (χ4v) is 9.28. The van der Waals surface area contributed by atoms with Crippen LogP contribution >= 0.6 is 0 Å². The minimum absolute atomic E-state index is 0.709. The van der Waals surface area contributed by atoms with E-state index in [1.165, 1.54) is 0 Å². The molecule has 0 bridgehead atoms. The minimum Gasteiger partial charge on any atom is -0.394 e. The lowest BCUT2D eigenvalue weighted by Crippen LogP contribution is -2.70. The monoisotopic (exact) mass is 1070 g/mol. The van der Waals surface area contributed by atoms with Crippen molar-refractivity contribution in [3.8, 4) is 0 Å². The van der Waals surface area contributed by atoms with Crippen LogP contribution in [0.3, 0.4) is 0 Å². The average molecular weight is 1070 g/mol. The predicted molar refractivity (Wildman–Crippen MR) is 222 cm³/mol. The normalized spacial score (nSPS) is 49.8. The van der Waals surface area contributed by atoms with Gasteiger partial charge in [-0.2, -0.15) is 0 Å². The van der Waals surface area contributed by atoms with Crippen molar-refractivity contribution in [3.63, 3.8) is 0 Å². The zero-order valence-electron chi connectivity index (χ0n) is 38.9. The smallest absolute Gasteiger partial charge is 0.217 e. The topological polar surface area (TPSA) is 524 Å². The van der Waals surface area contributed by atoms with Crippen molar-refractivity contribution >= 4 is 11.8 Å². The summed E-state index contributed by atoms with van der Waals surface area (Å²) in [6.07, 6.45) is -54.5. The van der Waals surface area contributed by atoms with Crippen molar-refractivity contribution in [2.75, 3.05) is 39.6 Å². The number of carbonyl (C=O) groups excluding carboxylic acids is 2. The Kier molecular flexibility index (Phi) is 21.3. The second-order valence-electron chi connectivity index (χ2n) is 18.2. The van der Waals surface area contributed by atoms with E-state index in [1.54, 1.807) is 0 Å². The van der Waals surface area contributed by atoms with Gasteiger partial charge in [0.05, 0.1) is 39.6 Å². The maximum absolute atomic E-state index is 12.5. The zero-order chi connectivity index (χ0) is 53.9. The van der Waals surface area contributed by atoms with E-state index in [-0.39, 0.29) is 0 Å². The van der Waals surface area contributed by atoms with Crippen LogP contribution in [0.1, 0.15) is 13.8 Å². The molecule has 6 heterocycles. The molecule has 33 nitrogen and oxygen atoms in total. The van der Waals surface area contributed by atoms with Gasteiger partial charge >= 0.3 is 0 Å². The highest BCUT2D eigenvalue weighted by Crippen LogP contribution is 2.37. The molecule has 6 saturated heterocycles. The highest BCUT2D eigenvalue weighted by molar-refractivity contribution is 5.73. The first kappa shape index (κ1) is 60.0. The number of rotatable bonds is 18. The molecule has 30 atom stereocenters. The Bertz CT molecular complexity index is 1750. The van der Waals surface area contributed by atoms with E-state index in [0.717, 1.165) is 13.8 Å². The summed E-state index contributed by atoms with van der Waals surface area (Å²) in [4.78, 5) is 24.3. The van der Waals surface area contributed by atoms with Crippen LogP contribution in [0, 0.1) is 0 Å². The Morgan fingerprint density at radius 2 is 0.658 bits per heavy atom. The van der Waals surface area contributed by atoms with Crippen molar-refractivity contribution in [2.24, 2.45) is 0 Å². The van der Waals surface area contributed by atoms with Crippen LogP contribution in [-0.4, -0.2) is 327 Å². The molecule has 0 saturated carbocycles. The first-order valence-electron chi connectivity index (χ1n) is 23.1. The van der Waals surface area contributed by atoms with E-state index in [0.29, 0.717) is 0 Å².